The molecule has 1 aliphatic carbocycles. The molecular formula is C28H8Cl10N2O6. The van der Waals surface area contributed by atoms with E-state index in [0.29, 0.717) is 0 Å². The Hall–Kier alpha value is -2.34. The third kappa shape index (κ3) is 5.52. The van der Waals surface area contributed by atoms with Gasteiger partial charge in [-0.3, -0.25) is 19.2 Å². The molecule has 0 saturated heterocycles. The molecule has 236 valence electrons. The molecule has 0 unspecified atom stereocenters. The van der Waals surface area contributed by atoms with Crippen LogP contribution in [0, 0.1) is 0 Å². The Balaban J connectivity index is 1.61. The van der Waals surface area contributed by atoms with Crippen LogP contribution in [0.25, 0.3) is 0 Å². The van der Waals surface area contributed by atoms with Crippen LogP contribution >= 0.6 is 116 Å². The molecule has 0 radical (unpaired) electrons. The third-order valence-electron chi connectivity index (χ3n) is 6.65. The maximum Gasteiger partial charge on any atom is 0.258 e. The van der Waals surface area contributed by atoms with Crippen LogP contribution in [0.1, 0.15) is 52.6 Å². The van der Waals surface area contributed by atoms with E-state index < -0.39 is 68.3 Å². The van der Waals surface area contributed by atoms with Gasteiger partial charge < -0.3 is 20.8 Å². The van der Waals surface area contributed by atoms with Crippen LogP contribution in [0.4, 0.5) is 11.4 Å². The van der Waals surface area contributed by atoms with E-state index in [1.807, 2.05) is 0 Å². The first-order valence-electron chi connectivity index (χ1n) is 12.0. The van der Waals surface area contributed by atoms with E-state index in [9.17, 15) is 29.4 Å². The number of phenols is 2. The number of phenolic OH excluding ortho intramolecular Hbond substituents is 2. The zero-order chi connectivity index (χ0) is 34.1. The van der Waals surface area contributed by atoms with E-state index in [1.165, 1.54) is 0 Å². The number of rotatable bonds is 4. The van der Waals surface area contributed by atoms with Gasteiger partial charge in [-0.2, -0.15) is 0 Å². The predicted molar refractivity (Wildman–Crippen MR) is 182 cm³/mol. The first kappa shape index (κ1) is 35.0. The Morgan fingerprint density at radius 2 is 0.696 bits per heavy atom. The van der Waals surface area contributed by atoms with E-state index in [4.69, 9.17) is 116 Å². The molecule has 0 fully saturated rings. The largest absolute Gasteiger partial charge is 0.507 e. The van der Waals surface area contributed by atoms with Crippen LogP contribution in [0.3, 0.4) is 0 Å². The average Bonchev–Trinajstić information content (AvgIpc) is 3.01. The van der Waals surface area contributed by atoms with Gasteiger partial charge in [0.1, 0.15) is 11.5 Å². The molecule has 46 heavy (non-hydrogen) atoms. The summed E-state index contributed by atoms with van der Waals surface area (Å²) in [6, 6.07) is 4.27. The minimum absolute atomic E-state index is 0.209. The number of carbonyl (C=O) groups is 4. The number of aromatic hydroxyl groups is 2. The van der Waals surface area contributed by atoms with Crippen molar-refractivity contribution in [1.29, 1.82) is 0 Å². The van der Waals surface area contributed by atoms with Gasteiger partial charge in [0.15, 0.2) is 0 Å². The van der Waals surface area contributed by atoms with Crippen molar-refractivity contribution in [2.75, 3.05) is 10.6 Å². The van der Waals surface area contributed by atoms with E-state index in [-0.39, 0.29) is 61.6 Å². The van der Waals surface area contributed by atoms with Gasteiger partial charge in [-0.1, -0.05) is 116 Å². The molecule has 0 aliphatic heterocycles. The lowest BCUT2D eigenvalue weighted by Crippen LogP contribution is -2.26. The quantitative estimate of drug-likeness (QED) is 0.0810. The molecular weight excluding hydrogens is 815 g/mol. The smallest absolute Gasteiger partial charge is 0.258 e. The zero-order valence-electron chi connectivity index (χ0n) is 21.6. The summed E-state index contributed by atoms with van der Waals surface area (Å²) in [7, 11) is 0. The molecule has 0 saturated carbocycles. The molecule has 0 spiro atoms. The molecule has 18 heteroatoms. The second-order valence-corrected chi connectivity index (χ2v) is 13.0. The topological polar surface area (TPSA) is 133 Å². The summed E-state index contributed by atoms with van der Waals surface area (Å²) in [6.45, 7) is 0. The monoisotopic (exact) mass is 818 g/mol. The van der Waals surface area contributed by atoms with Crippen molar-refractivity contribution in [2.24, 2.45) is 0 Å². The van der Waals surface area contributed by atoms with Gasteiger partial charge in [-0.05, 0) is 24.3 Å². The van der Waals surface area contributed by atoms with Crippen molar-refractivity contribution < 1.29 is 29.4 Å². The van der Waals surface area contributed by atoms with E-state index in [2.05, 4.69) is 10.6 Å². The SMILES string of the molecule is O=C(Nc1ccc(O)c2c1C(=O)c1c(O)ccc(NC(=O)c3c(Cl)c(Cl)c(Cl)c(Cl)c3Cl)c1C2=O)c1c(Cl)c(Cl)c(Cl)c(Cl)c1Cl. The Labute approximate surface area is 307 Å². The van der Waals surface area contributed by atoms with E-state index in [1.54, 1.807) is 0 Å². The highest BCUT2D eigenvalue weighted by Gasteiger charge is 2.39. The number of anilines is 2. The van der Waals surface area contributed by atoms with Crippen molar-refractivity contribution in [1.82, 2.24) is 0 Å². The lowest BCUT2D eigenvalue weighted by atomic mass is 9.81. The van der Waals surface area contributed by atoms with Gasteiger partial charge in [0.25, 0.3) is 11.8 Å². The summed E-state index contributed by atoms with van der Waals surface area (Å²) in [5.74, 6) is -5.44. The van der Waals surface area contributed by atoms with E-state index in [0.717, 1.165) is 24.3 Å². The molecule has 4 aromatic carbocycles. The van der Waals surface area contributed by atoms with Gasteiger partial charge in [0, 0.05) is 0 Å². The number of carbonyl (C=O) groups excluding carboxylic acids is 4. The van der Waals surface area contributed by atoms with Crippen LogP contribution in [-0.4, -0.2) is 33.6 Å². The lowest BCUT2D eigenvalue weighted by molar-refractivity contribution is 0.0973. The highest BCUT2D eigenvalue weighted by atomic mass is 35.5. The van der Waals surface area contributed by atoms with E-state index >= 15 is 0 Å². The fourth-order valence-corrected chi connectivity index (χ4v) is 7.17. The summed E-state index contributed by atoms with van der Waals surface area (Å²) in [5, 5.41) is 23.3. The average molecular weight is 823 g/mol. The van der Waals surface area contributed by atoms with Gasteiger partial charge in [0.2, 0.25) is 11.6 Å². The van der Waals surface area contributed by atoms with Gasteiger partial charge in [0.05, 0.1) is 95.0 Å². The lowest BCUT2D eigenvalue weighted by Gasteiger charge is -2.24. The number of nitrogens with one attached hydrogen (secondary N) is 2. The number of ketones is 2. The Bertz CT molecular complexity index is 1910. The molecule has 0 aromatic heterocycles. The standard InChI is InChI=1S/C28H8Cl10N2O6/c29-15-13(16(30)20(34)23(37)19(15)33)27(45)39-5-1-3-7(41)11-9(5)25(43)12-8(42)4-2-6(10(12)26(11)44)40-28(46)14-17(31)21(35)24(38)22(36)18(14)32/h1-4,41-42H,(H,39,45)(H,40,46). The van der Waals surface area contributed by atoms with Crippen LogP contribution in [0.5, 0.6) is 11.5 Å². The van der Waals surface area contributed by atoms with Gasteiger partial charge in [-0.25, -0.2) is 0 Å². The third-order valence-corrected chi connectivity index (χ3v) is 11.2. The Morgan fingerprint density at radius 1 is 0.435 bits per heavy atom. The molecule has 0 atom stereocenters. The minimum atomic E-state index is -1.03. The molecule has 8 nitrogen and oxygen atoms in total. The Kier molecular flexibility index (Phi) is 9.84. The van der Waals surface area contributed by atoms with Crippen molar-refractivity contribution in [2.45, 2.75) is 0 Å². The van der Waals surface area contributed by atoms with Crippen LogP contribution in [0.2, 0.25) is 50.2 Å². The molecule has 4 N–H and O–H groups in total. The van der Waals surface area contributed by atoms with Crippen LogP contribution < -0.4 is 10.6 Å². The molecule has 1 aliphatic rings. The fourth-order valence-electron chi connectivity index (χ4n) is 4.55. The minimum Gasteiger partial charge on any atom is -0.507 e. The number of halogens is 10. The van der Waals surface area contributed by atoms with Crippen molar-refractivity contribution in [3.05, 3.63) is 108 Å². The molecule has 0 bridgehead atoms. The first-order valence-corrected chi connectivity index (χ1v) is 15.8. The predicted octanol–water partition coefficient (Wildman–Crippen LogP) is 10.9. The van der Waals surface area contributed by atoms with Crippen molar-refractivity contribution in [3.8, 4) is 11.5 Å². The second-order valence-electron chi connectivity index (χ2n) is 9.22. The molecule has 2 amide bonds. The molecule has 5 rings (SSSR count). The number of hydrogen-bond donors (Lipinski definition) is 4. The summed E-state index contributed by atoms with van der Waals surface area (Å²) in [6.07, 6.45) is 0. The Morgan fingerprint density at radius 3 is 0.978 bits per heavy atom. The number of amides is 2. The summed E-state index contributed by atoms with van der Waals surface area (Å²) >= 11 is 61.1. The normalized spacial score (nSPS) is 12.1. The summed E-state index contributed by atoms with van der Waals surface area (Å²) in [4.78, 5) is 54.5. The number of hydrogen-bond acceptors (Lipinski definition) is 6. The number of fused-ring (bicyclic) bond motifs is 2. The fraction of sp³-hybridized carbons (Fsp3) is 0. The molecule has 0 heterocycles. The maximum atomic E-state index is 13.9. The number of benzene rings is 4. The highest BCUT2D eigenvalue weighted by molar-refractivity contribution is 6.58. The van der Waals surface area contributed by atoms with Crippen LogP contribution in [0.15, 0.2) is 24.3 Å². The highest BCUT2D eigenvalue weighted by Crippen LogP contribution is 2.47. The maximum absolute atomic E-state index is 13.9. The van der Waals surface area contributed by atoms with Crippen LogP contribution in [-0.2, 0) is 0 Å². The van der Waals surface area contributed by atoms with Gasteiger partial charge >= 0.3 is 0 Å². The zero-order valence-corrected chi connectivity index (χ0v) is 29.2. The van der Waals surface area contributed by atoms with Crippen molar-refractivity contribution >= 4 is 151 Å². The van der Waals surface area contributed by atoms with Gasteiger partial charge in [-0.15, -0.1) is 0 Å². The summed E-state index contributed by atoms with van der Waals surface area (Å²) in [5.41, 5.74) is -3.58. The molecule has 4 aromatic rings. The second kappa shape index (κ2) is 12.9. The van der Waals surface area contributed by atoms with Crippen molar-refractivity contribution in [3.63, 3.8) is 0 Å². The summed E-state index contributed by atoms with van der Waals surface area (Å²) < 4.78 is 0. The first-order chi connectivity index (χ1) is 21.5.